The highest BCUT2D eigenvalue weighted by Gasteiger charge is 2.23. The van der Waals surface area contributed by atoms with Crippen molar-refractivity contribution in [3.05, 3.63) is 29.8 Å². The molecule has 1 aromatic carbocycles. The van der Waals surface area contributed by atoms with Gasteiger partial charge < -0.3 is 10.1 Å². The van der Waals surface area contributed by atoms with Crippen molar-refractivity contribution >= 4 is 0 Å². The maximum absolute atomic E-state index is 13.0. The fourth-order valence-corrected chi connectivity index (χ4v) is 1.43. The van der Waals surface area contributed by atoms with Crippen molar-refractivity contribution in [1.82, 2.24) is 5.32 Å². The van der Waals surface area contributed by atoms with Gasteiger partial charge in [0.05, 0.1) is 0 Å². The number of rotatable bonds is 5. The van der Waals surface area contributed by atoms with Gasteiger partial charge in [-0.2, -0.15) is 0 Å². The first kappa shape index (κ1) is 12.9. The van der Waals surface area contributed by atoms with Gasteiger partial charge in [0.15, 0.2) is 11.6 Å². The van der Waals surface area contributed by atoms with Gasteiger partial charge in [-0.1, -0.05) is 6.92 Å². The average molecular weight is 229 g/mol. The molecule has 90 valence electrons. The Morgan fingerprint density at radius 3 is 2.50 bits per heavy atom. The molecular weight excluding hydrogens is 212 g/mol. The molecule has 0 saturated heterocycles. The Morgan fingerprint density at radius 1 is 1.31 bits per heavy atom. The van der Waals surface area contributed by atoms with Gasteiger partial charge in [-0.15, -0.1) is 0 Å². The lowest BCUT2D eigenvalue weighted by Crippen LogP contribution is -2.41. The molecule has 0 spiro atoms. The SMILES string of the molecule is CCC(C)(CNC)Oc1ccc(F)c(F)c1. The normalized spacial score (nSPS) is 14.6. The summed E-state index contributed by atoms with van der Waals surface area (Å²) in [6.07, 6.45) is 0.771. The molecule has 0 aliphatic heterocycles. The fourth-order valence-electron chi connectivity index (χ4n) is 1.43. The van der Waals surface area contributed by atoms with E-state index >= 15 is 0 Å². The van der Waals surface area contributed by atoms with Crippen molar-refractivity contribution in [1.29, 1.82) is 0 Å². The molecule has 2 nitrogen and oxygen atoms in total. The van der Waals surface area contributed by atoms with Gasteiger partial charge in [-0.05, 0) is 32.5 Å². The third-order valence-electron chi connectivity index (χ3n) is 2.55. The van der Waals surface area contributed by atoms with Crippen LogP contribution in [0.25, 0.3) is 0 Å². The first-order valence-corrected chi connectivity index (χ1v) is 5.29. The summed E-state index contributed by atoms with van der Waals surface area (Å²) in [4.78, 5) is 0. The predicted molar refractivity (Wildman–Crippen MR) is 59.6 cm³/mol. The lowest BCUT2D eigenvalue weighted by atomic mass is 10.0. The molecule has 0 bridgehead atoms. The second kappa shape index (κ2) is 5.25. The predicted octanol–water partition coefficient (Wildman–Crippen LogP) is 2.73. The van der Waals surface area contributed by atoms with Crippen LogP contribution in [0.1, 0.15) is 20.3 Å². The topological polar surface area (TPSA) is 21.3 Å². The molecule has 0 aliphatic rings. The summed E-state index contributed by atoms with van der Waals surface area (Å²) in [6.45, 7) is 4.55. The van der Waals surface area contributed by atoms with Crippen LogP contribution in [0.5, 0.6) is 5.75 Å². The summed E-state index contributed by atoms with van der Waals surface area (Å²) in [6, 6.07) is 3.57. The Morgan fingerprint density at radius 2 is 2.00 bits per heavy atom. The van der Waals surface area contributed by atoms with Crippen molar-refractivity contribution in [3.63, 3.8) is 0 Å². The van der Waals surface area contributed by atoms with Crippen LogP contribution < -0.4 is 10.1 Å². The standard InChI is InChI=1S/C12H17F2NO/c1-4-12(2,8-15-3)16-9-5-6-10(13)11(14)7-9/h5-7,15H,4,8H2,1-3H3. The molecule has 0 aromatic heterocycles. The van der Waals surface area contributed by atoms with Crippen LogP contribution in [0.2, 0.25) is 0 Å². The third kappa shape index (κ3) is 3.17. The number of benzene rings is 1. The van der Waals surface area contributed by atoms with Crippen molar-refractivity contribution < 1.29 is 13.5 Å². The molecule has 0 fully saturated rings. The van der Waals surface area contributed by atoms with Gasteiger partial charge in [0.25, 0.3) is 0 Å². The Kier molecular flexibility index (Phi) is 4.24. The summed E-state index contributed by atoms with van der Waals surface area (Å²) in [5, 5.41) is 3.01. The van der Waals surface area contributed by atoms with Crippen LogP contribution in [0.4, 0.5) is 8.78 Å². The molecule has 1 atom stereocenters. The Balaban J connectivity index is 2.81. The minimum atomic E-state index is -0.889. The first-order valence-electron chi connectivity index (χ1n) is 5.29. The van der Waals surface area contributed by atoms with Crippen molar-refractivity contribution in [2.45, 2.75) is 25.9 Å². The lowest BCUT2D eigenvalue weighted by Gasteiger charge is -2.29. The summed E-state index contributed by atoms with van der Waals surface area (Å²) < 4.78 is 31.4. The Bertz CT molecular complexity index is 357. The Hall–Kier alpha value is -1.16. The molecule has 4 heteroatoms. The molecule has 0 aliphatic carbocycles. The maximum atomic E-state index is 13.0. The van der Waals surface area contributed by atoms with Crippen molar-refractivity contribution in [2.75, 3.05) is 13.6 Å². The fraction of sp³-hybridized carbons (Fsp3) is 0.500. The van der Waals surface area contributed by atoms with Gasteiger partial charge in [0.2, 0.25) is 0 Å². The van der Waals surface area contributed by atoms with Crippen molar-refractivity contribution in [3.8, 4) is 5.75 Å². The molecule has 0 saturated carbocycles. The van der Waals surface area contributed by atoms with Crippen molar-refractivity contribution in [2.24, 2.45) is 0 Å². The molecule has 0 radical (unpaired) electrons. The van der Waals surface area contributed by atoms with Crippen LogP contribution in [0.3, 0.4) is 0 Å². The molecule has 0 heterocycles. The van der Waals surface area contributed by atoms with Gasteiger partial charge in [0, 0.05) is 12.6 Å². The first-order chi connectivity index (χ1) is 7.50. The van der Waals surface area contributed by atoms with Gasteiger partial charge in [-0.25, -0.2) is 8.78 Å². The quantitative estimate of drug-likeness (QED) is 0.838. The molecule has 16 heavy (non-hydrogen) atoms. The monoisotopic (exact) mass is 229 g/mol. The van der Waals surface area contributed by atoms with E-state index in [2.05, 4.69) is 5.32 Å². The zero-order chi connectivity index (χ0) is 12.2. The number of nitrogens with one attached hydrogen (secondary N) is 1. The zero-order valence-electron chi connectivity index (χ0n) is 9.81. The van der Waals surface area contributed by atoms with Crippen LogP contribution >= 0.6 is 0 Å². The van der Waals surface area contributed by atoms with Gasteiger partial charge in [0.1, 0.15) is 11.4 Å². The van der Waals surface area contributed by atoms with E-state index in [-0.39, 0.29) is 0 Å². The summed E-state index contributed by atoms with van der Waals surface area (Å²) >= 11 is 0. The van der Waals surface area contributed by atoms with E-state index in [4.69, 9.17) is 4.74 Å². The molecule has 1 rings (SSSR count). The zero-order valence-corrected chi connectivity index (χ0v) is 9.81. The molecule has 1 unspecified atom stereocenters. The third-order valence-corrected chi connectivity index (χ3v) is 2.55. The smallest absolute Gasteiger partial charge is 0.162 e. The molecule has 0 amide bonds. The maximum Gasteiger partial charge on any atom is 0.162 e. The number of ether oxygens (including phenoxy) is 1. The molecule has 1 N–H and O–H groups in total. The van der Waals surface area contributed by atoms with Gasteiger partial charge >= 0.3 is 0 Å². The van der Waals surface area contributed by atoms with Gasteiger partial charge in [-0.3, -0.25) is 0 Å². The summed E-state index contributed by atoms with van der Waals surface area (Å²) in [5.41, 5.74) is -0.418. The van der Waals surface area contributed by atoms with E-state index in [0.717, 1.165) is 18.6 Å². The van der Waals surface area contributed by atoms with E-state index < -0.39 is 17.2 Å². The highest BCUT2D eigenvalue weighted by atomic mass is 19.2. The van der Waals surface area contributed by atoms with E-state index in [0.29, 0.717) is 12.3 Å². The van der Waals surface area contributed by atoms with E-state index in [9.17, 15) is 8.78 Å². The number of hydrogen-bond acceptors (Lipinski definition) is 2. The average Bonchev–Trinajstić information content (AvgIpc) is 2.24. The largest absolute Gasteiger partial charge is 0.486 e. The number of halogens is 2. The highest BCUT2D eigenvalue weighted by Crippen LogP contribution is 2.22. The number of likely N-dealkylation sites (N-methyl/N-ethyl adjacent to an activating group) is 1. The molecule has 1 aromatic rings. The molecular formula is C12H17F2NO. The van der Waals surface area contributed by atoms with Crippen LogP contribution in [-0.4, -0.2) is 19.2 Å². The summed E-state index contributed by atoms with van der Waals surface area (Å²) in [5.74, 6) is -1.40. The Labute approximate surface area is 94.6 Å². The van der Waals surface area contributed by atoms with Crippen LogP contribution in [0, 0.1) is 11.6 Å². The summed E-state index contributed by atoms with van der Waals surface area (Å²) in [7, 11) is 1.82. The van der Waals surface area contributed by atoms with E-state index in [1.54, 1.807) is 0 Å². The van der Waals surface area contributed by atoms with E-state index in [1.807, 2.05) is 20.9 Å². The highest BCUT2D eigenvalue weighted by molar-refractivity contribution is 5.24. The number of hydrogen-bond donors (Lipinski definition) is 1. The minimum Gasteiger partial charge on any atom is -0.486 e. The van der Waals surface area contributed by atoms with E-state index in [1.165, 1.54) is 6.07 Å². The van der Waals surface area contributed by atoms with Crippen LogP contribution in [-0.2, 0) is 0 Å². The lowest BCUT2D eigenvalue weighted by molar-refractivity contribution is 0.0852. The second-order valence-corrected chi connectivity index (χ2v) is 4.01. The second-order valence-electron chi connectivity index (χ2n) is 4.01. The minimum absolute atomic E-state index is 0.346. The van der Waals surface area contributed by atoms with Crippen LogP contribution in [0.15, 0.2) is 18.2 Å².